The Morgan fingerprint density at radius 3 is 1.17 bits per heavy atom. The van der Waals surface area contributed by atoms with Gasteiger partial charge in [-0.3, -0.25) is 0 Å². The van der Waals surface area contributed by atoms with Gasteiger partial charge in [0.2, 0.25) is 0 Å². The smallest absolute Gasteiger partial charge is 0.822 e. The summed E-state index contributed by atoms with van der Waals surface area (Å²) in [4.78, 5) is 25.6. The molecule has 0 saturated carbocycles. The summed E-state index contributed by atoms with van der Waals surface area (Å²) < 4.78 is 8.55. The molecule has 0 unspecified atom stereocenters. The fraction of sp³-hybridized carbons (Fsp3) is 0. The van der Waals surface area contributed by atoms with E-state index in [0.717, 1.165) is 0 Å². The van der Waals surface area contributed by atoms with Gasteiger partial charge in [0.1, 0.15) is 0 Å². The van der Waals surface area contributed by atoms with Crippen molar-refractivity contribution in [2.75, 3.05) is 0 Å². The van der Waals surface area contributed by atoms with Gasteiger partial charge >= 0.3 is 16.8 Å². The van der Waals surface area contributed by atoms with E-state index in [1.165, 1.54) is 0 Å². The SMILES string of the molecule is O=P([O-])([O-])[O-].[Co+3]. The quantitative estimate of drug-likeness (QED) is 0.352. The maximum Gasteiger partial charge on any atom is 3.00 e. The maximum atomic E-state index is 8.55. The van der Waals surface area contributed by atoms with E-state index in [-0.39, 0.29) is 16.8 Å². The number of hydrogen-bond donors (Lipinski definition) is 0. The number of phosphoric acid groups is 1. The molecule has 0 aromatic heterocycles. The van der Waals surface area contributed by atoms with Crippen LogP contribution in [0.4, 0.5) is 0 Å². The van der Waals surface area contributed by atoms with Crippen molar-refractivity contribution in [2.24, 2.45) is 0 Å². The fourth-order valence-corrected chi connectivity index (χ4v) is 0. The van der Waals surface area contributed by atoms with Crippen LogP contribution in [0.5, 0.6) is 0 Å². The summed E-state index contributed by atoms with van der Waals surface area (Å²) in [6.07, 6.45) is 0. The van der Waals surface area contributed by atoms with Gasteiger partial charge in [-0.1, -0.05) is 0 Å². The average Bonchev–Trinajstić information content (AvgIpc) is 0.722. The molecule has 0 radical (unpaired) electrons. The van der Waals surface area contributed by atoms with Crippen LogP contribution >= 0.6 is 7.82 Å². The van der Waals surface area contributed by atoms with Gasteiger partial charge in [0.15, 0.2) is 0 Å². The molecular formula is CoO4P. The van der Waals surface area contributed by atoms with Gasteiger partial charge in [-0.05, 0) is 0 Å². The van der Waals surface area contributed by atoms with Crippen molar-refractivity contribution in [2.45, 2.75) is 0 Å². The van der Waals surface area contributed by atoms with E-state index >= 15 is 0 Å². The van der Waals surface area contributed by atoms with E-state index < -0.39 is 7.82 Å². The third-order valence-electron chi connectivity index (χ3n) is 0. The summed E-state index contributed by atoms with van der Waals surface area (Å²) in [6, 6.07) is 0. The Kier molecular flexibility index (Phi) is 4.46. The minimum absolute atomic E-state index is 0. The summed E-state index contributed by atoms with van der Waals surface area (Å²) in [7, 11) is -5.39. The molecule has 0 aromatic carbocycles. The van der Waals surface area contributed by atoms with Crippen LogP contribution in [-0.2, 0) is 21.3 Å². The molecule has 0 heterocycles. The molecule has 0 fully saturated rings. The van der Waals surface area contributed by atoms with Crippen molar-refractivity contribution in [3.8, 4) is 0 Å². The summed E-state index contributed by atoms with van der Waals surface area (Å²) in [5, 5.41) is 0. The van der Waals surface area contributed by atoms with Gasteiger partial charge in [0, 0.05) is 0 Å². The largest absolute Gasteiger partial charge is 3.00 e. The van der Waals surface area contributed by atoms with Crippen molar-refractivity contribution in [3.05, 3.63) is 0 Å². The van der Waals surface area contributed by atoms with Gasteiger partial charge in [-0.15, -0.1) is 0 Å². The van der Waals surface area contributed by atoms with Crippen LogP contribution in [0.2, 0.25) is 0 Å². The first-order chi connectivity index (χ1) is 2.00. The topological polar surface area (TPSA) is 86.2 Å². The Morgan fingerprint density at radius 2 is 1.17 bits per heavy atom. The number of hydrogen-bond acceptors (Lipinski definition) is 4. The molecule has 4 nitrogen and oxygen atoms in total. The molecular weight excluding hydrogens is 154 g/mol. The molecule has 6 heteroatoms. The van der Waals surface area contributed by atoms with E-state index in [9.17, 15) is 0 Å². The Hall–Kier alpha value is 0.616. The van der Waals surface area contributed by atoms with Crippen LogP contribution in [0.15, 0.2) is 0 Å². The zero-order chi connectivity index (χ0) is 4.50. The molecule has 0 aliphatic carbocycles. The Labute approximate surface area is 44.6 Å². The predicted molar refractivity (Wildman–Crippen MR) is 7.61 cm³/mol. The van der Waals surface area contributed by atoms with Crippen molar-refractivity contribution in [3.63, 3.8) is 0 Å². The zero-order valence-corrected chi connectivity index (χ0v) is 4.35. The average molecular weight is 154 g/mol. The van der Waals surface area contributed by atoms with E-state index in [1.807, 2.05) is 0 Å². The second-order valence-electron chi connectivity index (χ2n) is 0.447. The Morgan fingerprint density at radius 1 is 1.17 bits per heavy atom. The zero-order valence-electron chi connectivity index (χ0n) is 2.41. The van der Waals surface area contributed by atoms with Gasteiger partial charge in [-0.2, -0.15) is 7.82 Å². The third kappa shape index (κ3) is 159. The molecule has 0 bridgehead atoms. The van der Waals surface area contributed by atoms with Crippen LogP contribution < -0.4 is 14.7 Å². The summed E-state index contributed by atoms with van der Waals surface area (Å²) in [6.45, 7) is 0. The standard InChI is InChI=1S/Co.H3O4P/c;1-5(2,3)4/h;(H3,1,2,3,4)/q+3;/p-3. The Bertz CT molecular complexity index is 53.7. The normalized spacial score (nSPS) is 9.83. The van der Waals surface area contributed by atoms with Crippen molar-refractivity contribution in [1.29, 1.82) is 0 Å². The minimum Gasteiger partial charge on any atom is -0.822 e. The van der Waals surface area contributed by atoms with Gasteiger partial charge in [0.25, 0.3) is 0 Å². The predicted octanol–water partition coefficient (Wildman–Crippen LogP) is -2.83. The molecule has 6 heavy (non-hydrogen) atoms. The number of rotatable bonds is 0. The molecule has 0 aromatic rings. The van der Waals surface area contributed by atoms with Gasteiger partial charge in [-0.25, -0.2) is 0 Å². The molecule has 0 saturated heterocycles. The first kappa shape index (κ1) is 9.79. The Balaban J connectivity index is 0. The minimum atomic E-state index is -5.39. The molecule has 0 N–H and O–H groups in total. The molecule has 0 aliphatic rings. The first-order valence-corrected chi connectivity index (χ1v) is 2.19. The summed E-state index contributed by atoms with van der Waals surface area (Å²) in [5.74, 6) is 0. The second kappa shape index (κ2) is 2.73. The molecule has 0 rings (SSSR count). The van der Waals surface area contributed by atoms with Gasteiger partial charge < -0.3 is 19.2 Å². The van der Waals surface area contributed by atoms with Crippen molar-refractivity contribution in [1.82, 2.24) is 0 Å². The fourth-order valence-electron chi connectivity index (χ4n) is 0. The van der Waals surface area contributed by atoms with E-state index in [0.29, 0.717) is 0 Å². The van der Waals surface area contributed by atoms with Crippen LogP contribution in [0.25, 0.3) is 0 Å². The van der Waals surface area contributed by atoms with Crippen LogP contribution in [0.1, 0.15) is 0 Å². The molecule has 38 valence electrons. The van der Waals surface area contributed by atoms with Crippen molar-refractivity contribution >= 4 is 7.82 Å². The molecule has 0 amide bonds. The van der Waals surface area contributed by atoms with Crippen LogP contribution in [-0.4, -0.2) is 0 Å². The third-order valence-corrected chi connectivity index (χ3v) is 0. The second-order valence-corrected chi connectivity index (χ2v) is 1.34. The maximum absolute atomic E-state index is 8.55. The molecule has 0 spiro atoms. The molecule has 0 atom stereocenters. The van der Waals surface area contributed by atoms with Gasteiger partial charge in [0.05, 0.1) is 0 Å². The van der Waals surface area contributed by atoms with Crippen LogP contribution in [0.3, 0.4) is 0 Å². The van der Waals surface area contributed by atoms with Crippen molar-refractivity contribution < 1.29 is 36.0 Å². The summed E-state index contributed by atoms with van der Waals surface area (Å²) in [5.41, 5.74) is 0. The first-order valence-electron chi connectivity index (χ1n) is 0.730. The van der Waals surface area contributed by atoms with Crippen LogP contribution in [0, 0.1) is 0 Å². The summed E-state index contributed by atoms with van der Waals surface area (Å²) >= 11 is 0. The monoisotopic (exact) mass is 154 g/mol. The van der Waals surface area contributed by atoms with E-state index in [2.05, 4.69) is 0 Å². The molecule has 0 aliphatic heterocycles. The van der Waals surface area contributed by atoms with E-state index in [1.54, 1.807) is 0 Å². The van der Waals surface area contributed by atoms with E-state index in [4.69, 9.17) is 19.2 Å².